The van der Waals surface area contributed by atoms with E-state index in [0.29, 0.717) is 10.6 Å². The molecule has 1 aliphatic rings. The standard InChI is InChI=1S/C17H19NO7/c1-17(2,3)24-16(22)23-14(11-7-5-4-6-8-11)15(21)25-18-12(19)9-10-13(18)20/h4-8,14H,9-10H2,1-3H3/t14-/m1/s1. The van der Waals surface area contributed by atoms with E-state index >= 15 is 0 Å². The molecule has 0 bridgehead atoms. The lowest BCUT2D eigenvalue weighted by Crippen LogP contribution is -2.36. The summed E-state index contributed by atoms with van der Waals surface area (Å²) >= 11 is 0. The number of hydroxylamine groups is 2. The topological polar surface area (TPSA) is 99.2 Å². The second-order valence-electron chi connectivity index (χ2n) is 6.37. The van der Waals surface area contributed by atoms with Crippen molar-refractivity contribution >= 4 is 23.9 Å². The van der Waals surface area contributed by atoms with Crippen LogP contribution in [0.2, 0.25) is 0 Å². The van der Waals surface area contributed by atoms with Crippen molar-refractivity contribution in [2.24, 2.45) is 0 Å². The van der Waals surface area contributed by atoms with Gasteiger partial charge in [0.15, 0.2) is 0 Å². The van der Waals surface area contributed by atoms with Gasteiger partial charge in [0, 0.05) is 18.4 Å². The number of rotatable bonds is 4. The van der Waals surface area contributed by atoms with Crippen molar-refractivity contribution in [2.75, 3.05) is 0 Å². The Kier molecular flexibility index (Phi) is 5.41. The molecule has 1 aliphatic heterocycles. The zero-order chi connectivity index (χ0) is 18.6. The quantitative estimate of drug-likeness (QED) is 0.607. The number of carbonyl (C=O) groups is 4. The lowest BCUT2D eigenvalue weighted by atomic mass is 10.1. The Morgan fingerprint density at radius 3 is 2.12 bits per heavy atom. The van der Waals surface area contributed by atoms with Crippen LogP contribution in [0, 0.1) is 0 Å². The molecule has 0 spiro atoms. The molecule has 1 aromatic rings. The highest BCUT2D eigenvalue weighted by Gasteiger charge is 2.37. The number of benzene rings is 1. The first-order chi connectivity index (χ1) is 11.7. The summed E-state index contributed by atoms with van der Waals surface area (Å²) in [6.07, 6.45) is -2.61. The predicted octanol–water partition coefficient (Wildman–Crippen LogP) is 2.29. The lowest BCUT2D eigenvalue weighted by molar-refractivity contribution is -0.204. The van der Waals surface area contributed by atoms with Gasteiger partial charge in [-0.1, -0.05) is 30.3 Å². The number of hydrogen-bond donors (Lipinski definition) is 0. The molecule has 0 saturated carbocycles. The highest BCUT2D eigenvalue weighted by molar-refractivity contribution is 6.01. The minimum atomic E-state index is -1.47. The van der Waals surface area contributed by atoms with Gasteiger partial charge in [0.1, 0.15) is 5.60 Å². The van der Waals surface area contributed by atoms with Crippen LogP contribution in [-0.4, -0.2) is 34.6 Å². The molecule has 25 heavy (non-hydrogen) atoms. The number of imide groups is 1. The molecule has 134 valence electrons. The zero-order valence-electron chi connectivity index (χ0n) is 14.2. The number of nitrogens with zero attached hydrogens (tertiary/aromatic N) is 1. The van der Waals surface area contributed by atoms with Crippen molar-refractivity contribution in [1.29, 1.82) is 0 Å². The fourth-order valence-electron chi connectivity index (χ4n) is 2.05. The Morgan fingerprint density at radius 2 is 1.60 bits per heavy atom. The van der Waals surface area contributed by atoms with Gasteiger partial charge in [-0.15, -0.1) is 5.06 Å². The number of carbonyl (C=O) groups excluding carboxylic acids is 4. The Morgan fingerprint density at radius 1 is 1.04 bits per heavy atom. The fourth-order valence-corrected chi connectivity index (χ4v) is 2.05. The fraction of sp³-hybridized carbons (Fsp3) is 0.412. The molecule has 8 heteroatoms. The summed E-state index contributed by atoms with van der Waals surface area (Å²) < 4.78 is 10.1. The van der Waals surface area contributed by atoms with Gasteiger partial charge in [-0.3, -0.25) is 9.59 Å². The van der Waals surface area contributed by atoms with Crippen LogP contribution < -0.4 is 0 Å². The van der Waals surface area contributed by atoms with Gasteiger partial charge in [-0.25, -0.2) is 9.59 Å². The van der Waals surface area contributed by atoms with E-state index in [1.165, 1.54) is 0 Å². The molecule has 2 rings (SSSR count). The molecule has 0 radical (unpaired) electrons. The summed E-state index contributed by atoms with van der Waals surface area (Å²) in [5, 5.41) is 0.400. The van der Waals surface area contributed by atoms with Gasteiger partial charge in [0.05, 0.1) is 0 Å². The van der Waals surface area contributed by atoms with Crippen LogP contribution in [0.5, 0.6) is 0 Å². The molecule has 0 unspecified atom stereocenters. The predicted molar refractivity (Wildman–Crippen MR) is 83.7 cm³/mol. The summed E-state index contributed by atoms with van der Waals surface area (Å²) in [7, 11) is 0. The third kappa shape index (κ3) is 5.03. The van der Waals surface area contributed by atoms with Crippen LogP contribution >= 0.6 is 0 Å². The van der Waals surface area contributed by atoms with Crippen molar-refractivity contribution in [1.82, 2.24) is 5.06 Å². The van der Waals surface area contributed by atoms with Gasteiger partial charge < -0.3 is 14.3 Å². The third-order valence-electron chi connectivity index (χ3n) is 3.11. The number of ether oxygens (including phenoxy) is 2. The summed E-state index contributed by atoms with van der Waals surface area (Å²) in [6, 6.07) is 8.08. The molecule has 2 amide bonds. The Labute approximate surface area is 144 Å². The molecule has 0 N–H and O–H groups in total. The smallest absolute Gasteiger partial charge is 0.429 e. The van der Waals surface area contributed by atoms with E-state index < -0.39 is 35.6 Å². The van der Waals surface area contributed by atoms with Crippen LogP contribution in [0.15, 0.2) is 30.3 Å². The summed E-state index contributed by atoms with van der Waals surface area (Å²) in [4.78, 5) is 52.3. The average molecular weight is 349 g/mol. The van der Waals surface area contributed by atoms with Crippen LogP contribution in [-0.2, 0) is 28.7 Å². The highest BCUT2D eigenvalue weighted by atomic mass is 16.8. The Bertz CT molecular complexity index is 662. The third-order valence-corrected chi connectivity index (χ3v) is 3.11. The monoisotopic (exact) mass is 349 g/mol. The average Bonchev–Trinajstić information content (AvgIpc) is 2.83. The van der Waals surface area contributed by atoms with E-state index in [1.807, 2.05) is 0 Å². The SMILES string of the molecule is CC(C)(C)OC(=O)O[C@@H](C(=O)ON1C(=O)CCC1=O)c1ccccc1. The summed E-state index contributed by atoms with van der Waals surface area (Å²) in [5.41, 5.74) is -0.499. The van der Waals surface area contributed by atoms with Crippen molar-refractivity contribution in [3.05, 3.63) is 35.9 Å². The first-order valence-electron chi connectivity index (χ1n) is 7.69. The molecular formula is C17H19NO7. The second-order valence-corrected chi connectivity index (χ2v) is 6.37. The molecule has 0 aliphatic carbocycles. The first kappa shape index (κ1) is 18.4. The maximum atomic E-state index is 12.4. The maximum Gasteiger partial charge on any atom is 0.510 e. The van der Waals surface area contributed by atoms with E-state index in [4.69, 9.17) is 14.3 Å². The highest BCUT2D eigenvalue weighted by Crippen LogP contribution is 2.23. The lowest BCUT2D eigenvalue weighted by Gasteiger charge is -2.23. The largest absolute Gasteiger partial charge is 0.510 e. The number of hydrogen-bond acceptors (Lipinski definition) is 7. The van der Waals surface area contributed by atoms with Gasteiger partial charge in [0.2, 0.25) is 6.10 Å². The van der Waals surface area contributed by atoms with E-state index in [-0.39, 0.29) is 12.8 Å². The van der Waals surface area contributed by atoms with Crippen LogP contribution in [0.4, 0.5) is 4.79 Å². The van der Waals surface area contributed by atoms with Crippen molar-refractivity contribution < 1.29 is 33.5 Å². The molecular weight excluding hydrogens is 330 g/mol. The van der Waals surface area contributed by atoms with Crippen molar-refractivity contribution in [3.8, 4) is 0 Å². The van der Waals surface area contributed by atoms with Gasteiger partial charge >= 0.3 is 12.1 Å². The minimum Gasteiger partial charge on any atom is -0.429 e. The first-order valence-corrected chi connectivity index (χ1v) is 7.69. The zero-order valence-corrected chi connectivity index (χ0v) is 14.2. The molecule has 1 atom stereocenters. The minimum absolute atomic E-state index is 0.0327. The molecule has 1 saturated heterocycles. The molecule has 1 aromatic carbocycles. The van der Waals surface area contributed by atoms with Crippen molar-refractivity contribution in [2.45, 2.75) is 45.3 Å². The van der Waals surface area contributed by atoms with Gasteiger partial charge in [-0.05, 0) is 20.8 Å². The molecule has 0 aromatic heterocycles. The van der Waals surface area contributed by atoms with E-state index in [1.54, 1.807) is 51.1 Å². The molecule has 8 nitrogen and oxygen atoms in total. The van der Waals surface area contributed by atoms with E-state index in [0.717, 1.165) is 0 Å². The number of amides is 2. The summed E-state index contributed by atoms with van der Waals surface area (Å²) in [5.74, 6) is -2.31. The van der Waals surface area contributed by atoms with E-state index in [9.17, 15) is 19.2 Å². The van der Waals surface area contributed by atoms with Gasteiger partial charge in [0.25, 0.3) is 11.8 Å². The van der Waals surface area contributed by atoms with Gasteiger partial charge in [-0.2, -0.15) is 0 Å². The maximum absolute atomic E-state index is 12.4. The van der Waals surface area contributed by atoms with Crippen LogP contribution in [0.25, 0.3) is 0 Å². The van der Waals surface area contributed by atoms with Crippen molar-refractivity contribution in [3.63, 3.8) is 0 Å². The summed E-state index contributed by atoms with van der Waals surface area (Å²) in [6.45, 7) is 4.93. The Balaban J connectivity index is 2.17. The molecule has 1 heterocycles. The molecule has 1 fully saturated rings. The van der Waals surface area contributed by atoms with Crippen LogP contribution in [0.3, 0.4) is 0 Å². The van der Waals surface area contributed by atoms with E-state index in [2.05, 4.69) is 0 Å². The second kappa shape index (κ2) is 7.33. The Hall–Kier alpha value is -2.90. The normalized spacial score (nSPS) is 15.7. The van der Waals surface area contributed by atoms with Crippen LogP contribution in [0.1, 0.15) is 45.3 Å².